The molecule has 2 aliphatic rings. The Morgan fingerprint density at radius 3 is 2.47 bits per heavy atom. The number of piperazine rings is 1. The molecule has 2 nitrogen and oxygen atoms in total. The fraction of sp³-hybridized carbons (Fsp3) is 1.00. The van der Waals surface area contributed by atoms with Gasteiger partial charge in [0.1, 0.15) is 0 Å². The highest BCUT2D eigenvalue weighted by Crippen LogP contribution is 2.35. The molecule has 0 aromatic carbocycles. The van der Waals surface area contributed by atoms with Crippen LogP contribution in [0.2, 0.25) is 0 Å². The largest absolute Gasteiger partial charge is 0.311 e. The lowest BCUT2D eigenvalue weighted by Crippen LogP contribution is -2.59. The normalized spacial score (nSPS) is 30.5. The monoisotopic (exact) mass is 266 g/mol. The van der Waals surface area contributed by atoms with Crippen LogP contribution in [0.15, 0.2) is 0 Å². The zero-order chi connectivity index (χ0) is 13.7. The van der Waals surface area contributed by atoms with E-state index in [1.165, 1.54) is 64.5 Å². The van der Waals surface area contributed by atoms with Crippen molar-refractivity contribution in [1.29, 1.82) is 0 Å². The topological polar surface area (TPSA) is 15.3 Å². The van der Waals surface area contributed by atoms with Crippen LogP contribution in [-0.4, -0.2) is 36.1 Å². The van der Waals surface area contributed by atoms with E-state index in [1.54, 1.807) is 0 Å². The quantitative estimate of drug-likeness (QED) is 0.719. The Bertz CT molecular complexity index is 250. The molecule has 1 aliphatic carbocycles. The molecule has 0 radical (unpaired) electrons. The van der Waals surface area contributed by atoms with E-state index in [-0.39, 0.29) is 0 Å². The third-order valence-electron chi connectivity index (χ3n) is 5.14. The van der Waals surface area contributed by atoms with E-state index in [4.69, 9.17) is 0 Å². The lowest BCUT2D eigenvalue weighted by molar-refractivity contribution is 0.0631. The van der Waals surface area contributed by atoms with Gasteiger partial charge in [0, 0.05) is 31.2 Å². The van der Waals surface area contributed by atoms with Crippen LogP contribution in [0.5, 0.6) is 0 Å². The molecule has 2 rings (SSSR count). The van der Waals surface area contributed by atoms with E-state index in [2.05, 4.69) is 31.0 Å². The summed E-state index contributed by atoms with van der Waals surface area (Å²) in [5.74, 6) is 0.994. The van der Waals surface area contributed by atoms with Crippen LogP contribution in [-0.2, 0) is 0 Å². The van der Waals surface area contributed by atoms with Gasteiger partial charge in [0.25, 0.3) is 0 Å². The highest BCUT2D eigenvalue weighted by molar-refractivity contribution is 4.96. The molecule has 1 saturated heterocycles. The van der Waals surface area contributed by atoms with E-state index in [9.17, 15) is 0 Å². The Hall–Kier alpha value is -0.0800. The van der Waals surface area contributed by atoms with Crippen LogP contribution >= 0.6 is 0 Å². The van der Waals surface area contributed by atoms with Crippen molar-refractivity contribution in [3.05, 3.63) is 0 Å². The van der Waals surface area contributed by atoms with Crippen molar-refractivity contribution in [2.24, 2.45) is 5.92 Å². The molecule has 1 heterocycles. The number of nitrogens with one attached hydrogen (secondary N) is 1. The van der Waals surface area contributed by atoms with Crippen molar-refractivity contribution in [3.63, 3.8) is 0 Å². The van der Waals surface area contributed by atoms with Gasteiger partial charge < -0.3 is 5.32 Å². The van der Waals surface area contributed by atoms with Gasteiger partial charge in [-0.25, -0.2) is 0 Å². The first kappa shape index (κ1) is 15.3. The Morgan fingerprint density at radius 2 is 1.89 bits per heavy atom. The number of rotatable bonds is 8. The SMILES string of the molecule is CCCCC(CCC)N1CC(C2CC2)NCC1CC. The molecule has 0 spiro atoms. The summed E-state index contributed by atoms with van der Waals surface area (Å²) >= 11 is 0. The summed E-state index contributed by atoms with van der Waals surface area (Å²) in [6.07, 6.45) is 11.1. The van der Waals surface area contributed by atoms with Crippen molar-refractivity contribution in [2.45, 2.75) is 90.3 Å². The van der Waals surface area contributed by atoms with Crippen LogP contribution < -0.4 is 5.32 Å². The fourth-order valence-electron chi connectivity index (χ4n) is 3.73. The number of nitrogens with zero attached hydrogens (tertiary/aromatic N) is 1. The van der Waals surface area contributed by atoms with E-state index < -0.39 is 0 Å². The molecule has 3 unspecified atom stereocenters. The Morgan fingerprint density at radius 1 is 1.11 bits per heavy atom. The van der Waals surface area contributed by atoms with Crippen molar-refractivity contribution >= 4 is 0 Å². The summed E-state index contributed by atoms with van der Waals surface area (Å²) in [6.45, 7) is 9.58. The molecule has 0 bridgehead atoms. The predicted molar refractivity (Wildman–Crippen MR) is 83.5 cm³/mol. The maximum absolute atomic E-state index is 3.82. The van der Waals surface area contributed by atoms with Gasteiger partial charge in [-0.15, -0.1) is 0 Å². The zero-order valence-electron chi connectivity index (χ0n) is 13.3. The summed E-state index contributed by atoms with van der Waals surface area (Å²) in [4.78, 5) is 2.89. The molecule has 1 N–H and O–H groups in total. The molecule has 0 aromatic rings. The molecule has 2 heteroatoms. The molecule has 2 fully saturated rings. The second-order valence-corrected chi connectivity index (χ2v) is 6.70. The van der Waals surface area contributed by atoms with E-state index >= 15 is 0 Å². The maximum Gasteiger partial charge on any atom is 0.0224 e. The van der Waals surface area contributed by atoms with Crippen LogP contribution in [0.1, 0.15) is 72.1 Å². The van der Waals surface area contributed by atoms with Gasteiger partial charge in [0.05, 0.1) is 0 Å². The second-order valence-electron chi connectivity index (χ2n) is 6.70. The molecule has 3 atom stereocenters. The number of hydrogen-bond donors (Lipinski definition) is 1. The summed E-state index contributed by atoms with van der Waals surface area (Å²) in [5, 5.41) is 3.82. The summed E-state index contributed by atoms with van der Waals surface area (Å²) in [5.41, 5.74) is 0. The molecule has 0 aromatic heterocycles. The first-order valence-electron chi connectivity index (χ1n) is 8.79. The smallest absolute Gasteiger partial charge is 0.0224 e. The highest BCUT2D eigenvalue weighted by Gasteiger charge is 2.38. The Kier molecular flexibility index (Phi) is 6.15. The average Bonchev–Trinajstić information content (AvgIpc) is 3.27. The Labute approximate surface area is 120 Å². The first-order valence-corrected chi connectivity index (χ1v) is 8.79. The van der Waals surface area contributed by atoms with E-state index in [1.807, 2.05) is 0 Å². The number of unbranched alkanes of at least 4 members (excludes halogenated alkanes) is 1. The van der Waals surface area contributed by atoms with Gasteiger partial charge >= 0.3 is 0 Å². The van der Waals surface area contributed by atoms with Crippen molar-refractivity contribution in [2.75, 3.05) is 13.1 Å². The van der Waals surface area contributed by atoms with Crippen molar-refractivity contribution in [3.8, 4) is 0 Å². The van der Waals surface area contributed by atoms with Crippen LogP contribution in [0, 0.1) is 5.92 Å². The maximum atomic E-state index is 3.82. The molecule has 112 valence electrons. The summed E-state index contributed by atoms with van der Waals surface area (Å²) < 4.78 is 0. The van der Waals surface area contributed by atoms with Gasteiger partial charge in [-0.3, -0.25) is 4.90 Å². The third-order valence-corrected chi connectivity index (χ3v) is 5.14. The third kappa shape index (κ3) is 4.19. The molecule has 0 amide bonds. The molecular formula is C17H34N2. The van der Waals surface area contributed by atoms with Gasteiger partial charge in [-0.1, -0.05) is 40.0 Å². The van der Waals surface area contributed by atoms with Gasteiger partial charge in [-0.2, -0.15) is 0 Å². The predicted octanol–water partition coefficient (Wildman–Crippen LogP) is 3.81. The van der Waals surface area contributed by atoms with E-state index in [0.717, 1.165) is 24.0 Å². The van der Waals surface area contributed by atoms with Crippen LogP contribution in [0.25, 0.3) is 0 Å². The van der Waals surface area contributed by atoms with Crippen LogP contribution in [0.4, 0.5) is 0 Å². The molecule has 1 aliphatic heterocycles. The minimum absolute atomic E-state index is 0.781. The van der Waals surface area contributed by atoms with Gasteiger partial charge in [0.15, 0.2) is 0 Å². The standard InChI is InChI=1S/C17H34N2/c1-4-7-9-16(8-5-2)19-13-17(14-10-11-14)18-12-15(19)6-3/h14-18H,4-13H2,1-3H3. The van der Waals surface area contributed by atoms with Crippen molar-refractivity contribution in [1.82, 2.24) is 10.2 Å². The second kappa shape index (κ2) is 7.64. The molecule has 19 heavy (non-hydrogen) atoms. The fourth-order valence-corrected chi connectivity index (χ4v) is 3.73. The molecular weight excluding hydrogens is 232 g/mol. The lowest BCUT2D eigenvalue weighted by atomic mass is 9.96. The summed E-state index contributed by atoms with van der Waals surface area (Å²) in [6, 6.07) is 2.42. The minimum Gasteiger partial charge on any atom is -0.311 e. The van der Waals surface area contributed by atoms with Crippen LogP contribution in [0.3, 0.4) is 0 Å². The zero-order valence-corrected chi connectivity index (χ0v) is 13.3. The Balaban J connectivity index is 1.96. The van der Waals surface area contributed by atoms with Gasteiger partial charge in [-0.05, 0) is 38.0 Å². The number of hydrogen-bond acceptors (Lipinski definition) is 2. The van der Waals surface area contributed by atoms with Crippen molar-refractivity contribution < 1.29 is 0 Å². The summed E-state index contributed by atoms with van der Waals surface area (Å²) in [7, 11) is 0. The van der Waals surface area contributed by atoms with Gasteiger partial charge in [0.2, 0.25) is 0 Å². The lowest BCUT2D eigenvalue weighted by Gasteiger charge is -2.45. The minimum atomic E-state index is 0.781. The first-order chi connectivity index (χ1) is 9.30. The molecule has 1 saturated carbocycles. The highest BCUT2D eigenvalue weighted by atomic mass is 15.3. The average molecular weight is 266 g/mol. The van der Waals surface area contributed by atoms with E-state index in [0.29, 0.717) is 0 Å².